The fraction of sp³-hybridized carbons (Fsp3) is 0.222. The molecule has 0 spiro atoms. The summed E-state index contributed by atoms with van der Waals surface area (Å²) in [7, 11) is 0. The molecule has 23 heavy (non-hydrogen) atoms. The molecule has 0 unspecified atom stereocenters. The van der Waals surface area contributed by atoms with Crippen LogP contribution in [0.5, 0.6) is 0 Å². The number of hydrogen-bond donors (Lipinski definition) is 0. The van der Waals surface area contributed by atoms with E-state index in [-0.39, 0.29) is 5.57 Å². The van der Waals surface area contributed by atoms with Gasteiger partial charge in [-0.2, -0.15) is 21.0 Å². The van der Waals surface area contributed by atoms with Crippen molar-refractivity contribution >= 4 is 11.1 Å². The summed E-state index contributed by atoms with van der Waals surface area (Å²) >= 11 is 0. The topological polar surface area (TPSA) is 98.4 Å². The molecule has 0 N–H and O–H groups in total. The Kier molecular flexibility index (Phi) is 6.61. The van der Waals surface area contributed by atoms with Gasteiger partial charge in [-0.05, 0) is 25.1 Å². The Morgan fingerprint density at radius 1 is 0.870 bits per heavy atom. The van der Waals surface area contributed by atoms with Crippen LogP contribution in [0.4, 0.5) is 0 Å². The molecule has 1 aromatic rings. The third-order valence-corrected chi connectivity index (χ3v) is 3.33. The van der Waals surface area contributed by atoms with Gasteiger partial charge in [-0.1, -0.05) is 24.3 Å². The summed E-state index contributed by atoms with van der Waals surface area (Å²) in [6.45, 7) is 5.24. The van der Waals surface area contributed by atoms with Gasteiger partial charge in [0.15, 0.2) is 0 Å². The molecule has 5 nitrogen and oxygen atoms in total. The van der Waals surface area contributed by atoms with Crippen LogP contribution in [0.3, 0.4) is 0 Å². The van der Waals surface area contributed by atoms with Crippen LogP contribution in [0.15, 0.2) is 36.0 Å². The number of nitrogens with zero attached hydrogens (tertiary/aromatic N) is 5. The smallest absolute Gasteiger partial charge is 0.136 e. The highest BCUT2D eigenvalue weighted by atomic mass is 15.1. The van der Waals surface area contributed by atoms with Crippen LogP contribution in [-0.2, 0) is 0 Å². The van der Waals surface area contributed by atoms with Crippen molar-refractivity contribution in [3.63, 3.8) is 0 Å². The van der Waals surface area contributed by atoms with Crippen molar-refractivity contribution in [3.05, 3.63) is 46.5 Å². The van der Waals surface area contributed by atoms with Gasteiger partial charge in [0.05, 0.1) is 11.6 Å². The molecule has 0 aliphatic carbocycles. The molecule has 0 amide bonds. The van der Waals surface area contributed by atoms with Crippen molar-refractivity contribution in [2.45, 2.75) is 13.8 Å². The maximum absolute atomic E-state index is 9.35. The molecule has 0 bridgehead atoms. The molecule has 0 aromatic heterocycles. The van der Waals surface area contributed by atoms with E-state index in [1.54, 1.807) is 30.3 Å². The first kappa shape index (κ1) is 17.5. The first-order chi connectivity index (χ1) is 11.1. The van der Waals surface area contributed by atoms with Crippen LogP contribution in [0.2, 0.25) is 0 Å². The first-order valence-electron chi connectivity index (χ1n) is 7.06. The molecule has 0 radical (unpaired) electrons. The average molecular weight is 301 g/mol. The summed E-state index contributed by atoms with van der Waals surface area (Å²) in [5, 5.41) is 37.5. The molecule has 0 fully saturated rings. The van der Waals surface area contributed by atoms with E-state index in [2.05, 4.69) is 12.1 Å². The van der Waals surface area contributed by atoms with Gasteiger partial charge in [0.25, 0.3) is 0 Å². The summed E-state index contributed by atoms with van der Waals surface area (Å²) in [6, 6.07) is 14.4. The van der Waals surface area contributed by atoms with Gasteiger partial charge in [0.1, 0.15) is 29.5 Å². The molecule has 0 aliphatic rings. The van der Waals surface area contributed by atoms with Crippen molar-refractivity contribution in [1.82, 2.24) is 4.90 Å². The molecule has 112 valence electrons. The van der Waals surface area contributed by atoms with Crippen molar-refractivity contribution in [1.29, 1.82) is 21.0 Å². The Balaban J connectivity index is 3.52. The molecule has 0 saturated heterocycles. The summed E-state index contributed by atoms with van der Waals surface area (Å²) in [6.07, 6.45) is 1.56. The Hall–Kier alpha value is -3.54. The molecule has 0 saturated carbocycles. The SMILES string of the molecule is CCN(CC)/C(C#N)=C/C(C#N)=c1ccc(=C(C#N)C#N)cc1. The average Bonchev–Trinajstić information content (AvgIpc) is 2.60. The van der Waals surface area contributed by atoms with E-state index >= 15 is 0 Å². The highest BCUT2D eigenvalue weighted by Crippen LogP contribution is 2.07. The van der Waals surface area contributed by atoms with E-state index in [4.69, 9.17) is 10.5 Å². The second-order valence-electron chi connectivity index (χ2n) is 4.52. The first-order valence-corrected chi connectivity index (χ1v) is 7.06. The number of hydrogen-bond acceptors (Lipinski definition) is 5. The van der Waals surface area contributed by atoms with Gasteiger partial charge in [-0.25, -0.2) is 0 Å². The predicted octanol–water partition coefficient (Wildman–Crippen LogP) is 1.31. The monoisotopic (exact) mass is 301 g/mol. The molecular formula is C18H15N5. The Labute approximate surface area is 135 Å². The molecule has 0 heterocycles. The van der Waals surface area contributed by atoms with Gasteiger partial charge >= 0.3 is 0 Å². The Morgan fingerprint density at radius 2 is 1.39 bits per heavy atom. The second-order valence-corrected chi connectivity index (χ2v) is 4.52. The van der Waals surface area contributed by atoms with Gasteiger partial charge in [-0.15, -0.1) is 0 Å². The largest absolute Gasteiger partial charge is 0.364 e. The summed E-state index contributed by atoms with van der Waals surface area (Å²) in [4.78, 5) is 1.86. The zero-order valence-corrected chi connectivity index (χ0v) is 13.0. The number of nitriles is 4. The Bertz CT molecular complexity index is 852. The molecule has 1 rings (SSSR count). The summed E-state index contributed by atoms with van der Waals surface area (Å²) in [5.41, 5.74) is 0.804. The van der Waals surface area contributed by atoms with Gasteiger partial charge in [-0.3, -0.25) is 0 Å². The van der Waals surface area contributed by atoms with E-state index in [0.717, 1.165) is 0 Å². The lowest BCUT2D eigenvalue weighted by atomic mass is 10.1. The fourth-order valence-electron chi connectivity index (χ4n) is 2.05. The predicted molar refractivity (Wildman–Crippen MR) is 86.0 cm³/mol. The van der Waals surface area contributed by atoms with E-state index in [9.17, 15) is 10.5 Å². The van der Waals surface area contributed by atoms with E-state index < -0.39 is 0 Å². The maximum Gasteiger partial charge on any atom is 0.136 e. The second kappa shape index (κ2) is 8.68. The normalized spacial score (nSPS) is 9.74. The van der Waals surface area contributed by atoms with Crippen molar-refractivity contribution < 1.29 is 0 Å². The summed E-state index contributed by atoms with van der Waals surface area (Å²) < 4.78 is 0. The van der Waals surface area contributed by atoms with Gasteiger partial charge in [0, 0.05) is 18.3 Å². The molecule has 0 atom stereocenters. The minimum absolute atomic E-state index is 0.0199. The minimum atomic E-state index is 0.0199. The number of benzene rings is 1. The van der Waals surface area contributed by atoms with Crippen LogP contribution in [0, 0.1) is 45.3 Å². The fourth-order valence-corrected chi connectivity index (χ4v) is 2.05. The van der Waals surface area contributed by atoms with Crippen LogP contribution in [0.1, 0.15) is 13.8 Å². The molecule has 0 aliphatic heterocycles. The minimum Gasteiger partial charge on any atom is -0.364 e. The quantitative estimate of drug-likeness (QED) is 0.781. The van der Waals surface area contributed by atoms with Gasteiger partial charge < -0.3 is 4.90 Å². The lowest BCUT2D eigenvalue weighted by Gasteiger charge is -2.18. The van der Waals surface area contributed by atoms with E-state index in [1.165, 1.54) is 0 Å². The van der Waals surface area contributed by atoms with Crippen LogP contribution < -0.4 is 10.4 Å². The van der Waals surface area contributed by atoms with E-state index in [1.807, 2.05) is 30.9 Å². The lowest BCUT2D eigenvalue weighted by molar-refractivity contribution is 0.397. The maximum atomic E-state index is 9.35. The van der Waals surface area contributed by atoms with Gasteiger partial charge in [0.2, 0.25) is 0 Å². The number of allylic oxidation sites excluding steroid dienone is 2. The zero-order chi connectivity index (χ0) is 17.2. The van der Waals surface area contributed by atoms with Crippen molar-refractivity contribution in [3.8, 4) is 24.3 Å². The highest BCUT2D eigenvalue weighted by molar-refractivity contribution is 5.73. The standard InChI is InChI=1S/C18H15N5/c1-3-23(4-2)18(13-22)9-16(10-19)14-5-7-15(8-6-14)17(11-20)12-21/h5-9H,3-4H2,1-2H3/b18-9+. The molecule has 5 heteroatoms. The van der Waals surface area contributed by atoms with Crippen LogP contribution in [-0.4, -0.2) is 18.0 Å². The third-order valence-electron chi connectivity index (χ3n) is 3.33. The van der Waals surface area contributed by atoms with Crippen molar-refractivity contribution in [2.75, 3.05) is 13.1 Å². The van der Waals surface area contributed by atoms with Crippen LogP contribution in [0.25, 0.3) is 11.1 Å². The zero-order valence-electron chi connectivity index (χ0n) is 13.0. The molecular weight excluding hydrogens is 286 g/mol. The highest BCUT2D eigenvalue weighted by Gasteiger charge is 2.06. The van der Waals surface area contributed by atoms with E-state index in [0.29, 0.717) is 34.8 Å². The molecule has 1 aromatic carbocycles. The number of rotatable bonds is 4. The lowest BCUT2D eigenvalue weighted by Crippen LogP contribution is -2.21. The Morgan fingerprint density at radius 3 is 1.78 bits per heavy atom. The summed E-state index contributed by atoms with van der Waals surface area (Å²) in [5.74, 6) is 0. The third kappa shape index (κ3) is 4.21. The van der Waals surface area contributed by atoms with Crippen molar-refractivity contribution in [2.24, 2.45) is 0 Å². The van der Waals surface area contributed by atoms with Crippen LogP contribution >= 0.6 is 0 Å².